The molecule has 2 aliphatic heterocycles. The van der Waals surface area contributed by atoms with Gasteiger partial charge in [-0.1, -0.05) is 98.6 Å². The number of dihydropyridines is 1. The molecule has 5 aromatic rings. The average molecular weight is 1130 g/mol. The third-order valence-electron chi connectivity index (χ3n) is 21.0. The highest BCUT2D eigenvalue weighted by molar-refractivity contribution is 6.06. The van der Waals surface area contributed by atoms with Gasteiger partial charge in [0.1, 0.15) is 11.6 Å². The summed E-state index contributed by atoms with van der Waals surface area (Å²) in [4.78, 5) is 33.8. The molecule has 1 aromatic heterocycles. The van der Waals surface area contributed by atoms with Gasteiger partial charge in [-0.15, -0.1) is 5.92 Å². The van der Waals surface area contributed by atoms with Gasteiger partial charge >= 0.3 is 0 Å². The number of aliphatic hydroxyl groups excluding tert-OH is 3. The fourth-order valence-electron chi connectivity index (χ4n) is 16.4. The van der Waals surface area contributed by atoms with Crippen LogP contribution in [0, 0.1) is 64.6 Å². The van der Waals surface area contributed by atoms with Gasteiger partial charge in [0.2, 0.25) is 0 Å². The molecule has 12 rings (SSSR count). The normalized spacial score (nSPS) is 31.1. The average Bonchev–Trinajstić information content (AvgIpc) is 1.55. The number of phenolic OH excluding ortho intramolecular Hbond substituents is 2. The minimum Gasteiger partial charge on any atom is -0.507 e. The Morgan fingerprint density at radius 1 is 0.786 bits per heavy atom. The Labute approximate surface area is 495 Å². The van der Waals surface area contributed by atoms with E-state index in [1.807, 2.05) is 60.7 Å². The highest BCUT2D eigenvalue weighted by Gasteiger charge is 2.57. The number of aromatic nitrogens is 1. The summed E-state index contributed by atoms with van der Waals surface area (Å²) < 4.78 is 5.58. The van der Waals surface area contributed by atoms with Crippen LogP contribution in [0.5, 0.6) is 17.2 Å². The number of aromatic hydroxyl groups is 2. The Balaban J connectivity index is 1.01. The quantitative estimate of drug-likeness (QED) is 0.0603. The van der Waals surface area contributed by atoms with Crippen LogP contribution >= 0.6 is 0 Å². The summed E-state index contributed by atoms with van der Waals surface area (Å²) in [7, 11) is 1.49. The zero-order valence-corrected chi connectivity index (χ0v) is 48.9. The Hall–Kier alpha value is -6.80. The lowest BCUT2D eigenvalue weighted by molar-refractivity contribution is -0.142. The smallest absolute Gasteiger partial charge is 0.173 e. The van der Waals surface area contributed by atoms with Crippen LogP contribution in [0.4, 0.5) is 5.69 Å². The monoisotopic (exact) mass is 1130 g/mol. The molecule has 3 heterocycles. The second-order valence-electron chi connectivity index (χ2n) is 26.2. The number of carbonyl (C=O) groups excluding carboxylic acids is 2. The topological polar surface area (TPSA) is 196 Å². The van der Waals surface area contributed by atoms with Gasteiger partial charge in [-0.05, 0) is 181 Å². The van der Waals surface area contributed by atoms with Gasteiger partial charge in [-0.25, -0.2) is 0 Å². The first-order chi connectivity index (χ1) is 40.8. The number of phenols is 2. The summed E-state index contributed by atoms with van der Waals surface area (Å²) in [5.41, 5.74) is 6.52. The van der Waals surface area contributed by atoms with Crippen LogP contribution in [-0.2, 0) is 27.8 Å². The Morgan fingerprint density at radius 2 is 1.62 bits per heavy atom. The number of nitrogens with one attached hydrogen (secondary N) is 4. The number of benzene rings is 4. The van der Waals surface area contributed by atoms with Crippen molar-refractivity contribution in [2.75, 3.05) is 32.1 Å². The van der Waals surface area contributed by atoms with Crippen molar-refractivity contribution >= 4 is 28.0 Å². The van der Waals surface area contributed by atoms with E-state index in [0.29, 0.717) is 56.3 Å². The van der Waals surface area contributed by atoms with E-state index in [1.165, 1.54) is 32.8 Å². The molecule has 5 aliphatic carbocycles. The molecule has 7 aliphatic rings. The van der Waals surface area contributed by atoms with E-state index in [2.05, 4.69) is 76.0 Å². The maximum Gasteiger partial charge on any atom is 0.173 e. The van der Waals surface area contributed by atoms with Gasteiger partial charge in [-0.3, -0.25) is 9.59 Å². The number of anilines is 1. The maximum absolute atomic E-state index is 15.5. The van der Waals surface area contributed by atoms with Gasteiger partial charge < -0.3 is 51.2 Å². The van der Waals surface area contributed by atoms with E-state index >= 15 is 4.79 Å². The van der Waals surface area contributed by atoms with Crippen molar-refractivity contribution in [3.8, 4) is 40.9 Å². The van der Waals surface area contributed by atoms with Crippen molar-refractivity contribution in [1.29, 1.82) is 0 Å². The molecule has 2 spiro atoms. The molecule has 11 bridgehead atoms. The highest BCUT2D eigenvalue weighted by Crippen LogP contribution is 2.60. The number of H-pyrrole nitrogens is 1. The van der Waals surface area contributed by atoms with Crippen molar-refractivity contribution < 1.29 is 39.9 Å². The minimum atomic E-state index is -1.86. The van der Waals surface area contributed by atoms with E-state index < -0.39 is 53.0 Å². The first-order valence-electron chi connectivity index (χ1n) is 31.4. The molecule has 12 atom stereocenters. The van der Waals surface area contributed by atoms with E-state index in [-0.39, 0.29) is 71.5 Å². The molecule has 3 saturated carbocycles. The number of Topliss-reactive ketones (excluding diaryl/α,β-unsaturated/α-hetero) is 2. The van der Waals surface area contributed by atoms with Gasteiger partial charge in [-0.2, -0.15) is 0 Å². The van der Waals surface area contributed by atoms with Crippen molar-refractivity contribution in [3.05, 3.63) is 142 Å². The molecule has 0 saturated heterocycles. The standard InChI is InChI=1S/C72H84N4O8/c1-44-41-73-43-56(77)34-51-17-16-48-18-21-55(38-61(48)67(51)80)76-66-33-45(24-29-74-66)30-46-31-49-19-22-57(47-12-6-5-7-13-47)59-39-63(79)64(84-2)36-50(59)20-23-62(78)69(82)68(81)60(49)35-52(32-46)58-15-9-4-3-8-14-54-40-71(25-10-11-26-71)27-28-72(54,70(58)83)65-37-53(44)42-75-65/h5-7,12-13,16-18,21,24,33,36-39,42,44,46,49,52,54,56-58,60,69-70,73-77,79-80,82-83H,3-4,9-11,15,20,23,25-32,34-35,40-41,43H2,1-2H3. The third-order valence-corrected chi connectivity index (χ3v) is 21.0. The predicted molar refractivity (Wildman–Crippen MR) is 328 cm³/mol. The fraction of sp³-hybridized carbons (Fsp3) is 0.500. The van der Waals surface area contributed by atoms with Crippen molar-refractivity contribution in [2.24, 2.45) is 40.9 Å². The van der Waals surface area contributed by atoms with Crippen LogP contribution in [0.3, 0.4) is 0 Å². The summed E-state index contributed by atoms with van der Waals surface area (Å²) in [6.07, 6.45) is 16.4. The number of β-amino-alcohol motifs (C(OH)–C–C–N with tert-alkyl or cyclic N) is 1. The molecule has 440 valence electrons. The molecular formula is C72H84N4O8. The van der Waals surface area contributed by atoms with Crippen molar-refractivity contribution in [2.45, 2.75) is 158 Å². The number of aromatic amines is 1. The van der Waals surface area contributed by atoms with Crippen LogP contribution in [0.25, 0.3) is 10.8 Å². The van der Waals surface area contributed by atoms with Gasteiger partial charge in [0.05, 0.1) is 30.7 Å². The largest absolute Gasteiger partial charge is 0.507 e. The van der Waals surface area contributed by atoms with E-state index in [4.69, 9.17) is 4.74 Å². The lowest BCUT2D eigenvalue weighted by atomic mass is 9.51. The van der Waals surface area contributed by atoms with Gasteiger partial charge in [0.25, 0.3) is 0 Å². The SMILES string of the molecule is COc1cc2c(cc1O)C(c1ccccc1)C#CC1CC3CC4=CCNC(=C4)Nc4ccc5ccc(c(O)c5c4)CC(O)CNCC(C)c4c[nH]c(c4)C45CCC6(CCCC6)CC4C#CCCCCC(C(C3)CC1C(=O)C(O)C(=O)CC2)C5O. The lowest BCUT2D eigenvalue weighted by Crippen LogP contribution is -2.55. The van der Waals surface area contributed by atoms with E-state index in [9.17, 15) is 30.3 Å². The number of hydrogen-bond acceptors (Lipinski definition) is 11. The first-order valence-corrected chi connectivity index (χ1v) is 31.4. The Bertz CT molecular complexity index is 3450. The number of carbonyl (C=O) groups is 2. The molecule has 84 heavy (non-hydrogen) atoms. The Morgan fingerprint density at radius 3 is 2.45 bits per heavy atom. The maximum atomic E-state index is 15.5. The van der Waals surface area contributed by atoms with Crippen LogP contribution in [-0.4, -0.2) is 87.1 Å². The second-order valence-corrected chi connectivity index (χ2v) is 26.2. The second kappa shape index (κ2) is 24.7. The molecular weight excluding hydrogens is 1050 g/mol. The predicted octanol–water partition coefficient (Wildman–Crippen LogP) is 11.2. The summed E-state index contributed by atoms with van der Waals surface area (Å²) in [5.74, 6) is 12.7. The third kappa shape index (κ3) is 11.7. The molecule has 9 N–H and O–H groups in total. The van der Waals surface area contributed by atoms with Crippen LogP contribution in [0.1, 0.15) is 155 Å². The summed E-state index contributed by atoms with van der Waals surface area (Å²) in [5, 5.41) is 73.1. The van der Waals surface area contributed by atoms with Crippen LogP contribution < -0.4 is 20.7 Å². The summed E-state index contributed by atoms with van der Waals surface area (Å²) in [6, 6.07) is 25.5. The number of methoxy groups -OCH3 is 1. The van der Waals surface area contributed by atoms with Crippen molar-refractivity contribution in [1.82, 2.24) is 15.6 Å². The summed E-state index contributed by atoms with van der Waals surface area (Å²) in [6.45, 7) is 3.70. The van der Waals surface area contributed by atoms with Crippen molar-refractivity contribution in [3.63, 3.8) is 0 Å². The fourth-order valence-corrected chi connectivity index (χ4v) is 16.4. The van der Waals surface area contributed by atoms with Gasteiger partial charge in [0, 0.05) is 79.6 Å². The number of allylic oxidation sites excluding steroid dienone is 2. The number of aliphatic hydroxyl groups is 3. The summed E-state index contributed by atoms with van der Waals surface area (Å²) >= 11 is 0. The first kappa shape index (κ1) is 57.6. The minimum absolute atomic E-state index is 0.0287. The van der Waals surface area contributed by atoms with E-state index in [0.717, 1.165) is 95.4 Å². The molecule has 0 radical (unpaired) electrons. The van der Waals surface area contributed by atoms with Crippen LogP contribution in [0.2, 0.25) is 0 Å². The zero-order chi connectivity index (χ0) is 58.1. The number of fused-ring (bicyclic) bond motifs is 11. The number of aryl methyl sites for hydroxylation is 1. The number of ketones is 2. The number of rotatable bonds is 2. The van der Waals surface area contributed by atoms with Crippen LogP contribution in [0.15, 0.2) is 109 Å². The zero-order valence-electron chi connectivity index (χ0n) is 48.9. The van der Waals surface area contributed by atoms with Gasteiger partial charge in [0.15, 0.2) is 29.2 Å². The molecule has 3 fully saturated rings. The highest BCUT2D eigenvalue weighted by atomic mass is 16.5. The van der Waals surface area contributed by atoms with E-state index in [1.54, 1.807) is 12.1 Å². The number of hydrogen-bond donors (Lipinski definition) is 9. The molecule has 12 nitrogen and oxygen atoms in total. The molecule has 12 unspecified atom stereocenters. The molecule has 0 amide bonds. The lowest BCUT2D eigenvalue weighted by Gasteiger charge is -2.53. The Kier molecular flexibility index (Phi) is 16.9. The molecule has 4 aromatic carbocycles. The number of ether oxygens (including phenoxy) is 1. The molecule has 12 heteroatoms.